The van der Waals surface area contributed by atoms with Gasteiger partial charge in [0.1, 0.15) is 6.54 Å². The minimum atomic E-state index is 0.240. The quantitative estimate of drug-likeness (QED) is 0.803. The van der Waals surface area contributed by atoms with E-state index in [4.69, 9.17) is 9.47 Å². The second-order valence-electron chi connectivity index (χ2n) is 5.56. The molecule has 3 heterocycles. The Bertz CT molecular complexity index is 837. The summed E-state index contributed by atoms with van der Waals surface area (Å²) in [4.78, 5) is 1.41. The van der Waals surface area contributed by atoms with Crippen LogP contribution in [0.5, 0.6) is 11.5 Å². The zero-order chi connectivity index (χ0) is 15.8. The van der Waals surface area contributed by atoms with Gasteiger partial charge in [0.15, 0.2) is 17.5 Å². The molecule has 1 unspecified atom stereocenters. The van der Waals surface area contributed by atoms with E-state index in [2.05, 4.69) is 51.8 Å². The van der Waals surface area contributed by atoms with Crippen molar-refractivity contribution in [2.45, 2.75) is 12.6 Å². The first-order chi connectivity index (χ1) is 11.3. The molecule has 0 aliphatic carbocycles. The van der Waals surface area contributed by atoms with Crippen LogP contribution in [0.3, 0.4) is 0 Å². The molecule has 0 bridgehead atoms. The van der Waals surface area contributed by atoms with Gasteiger partial charge in [-0.15, -0.1) is 11.3 Å². The van der Waals surface area contributed by atoms with Crippen LogP contribution < -0.4 is 14.8 Å². The van der Waals surface area contributed by atoms with Gasteiger partial charge in [-0.3, -0.25) is 0 Å². The third kappa shape index (κ3) is 2.33. The minimum absolute atomic E-state index is 0.240. The number of thiophene rings is 1. The van der Waals surface area contributed by atoms with E-state index in [0.717, 1.165) is 18.0 Å². The molecule has 4 nitrogen and oxygen atoms in total. The zero-order valence-electron chi connectivity index (χ0n) is 13.2. The Labute approximate surface area is 139 Å². The van der Waals surface area contributed by atoms with Gasteiger partial charge in [0.25, 0.3) is 0 Å². The van der Waals surface area contributed by atoms with Crippen molar-refractivity contribution in [2.75, 3.05) is 14.2 Å². The van der Waals surface area contributed by atoms with E-state index in [0.29, 0.717) is 0 Å². The average Bonchev–Trinajstić information content (AvgIpc) is 3.21. The molecule has 0 fully saturated rings. The van der Waals surface area contributed by atoms with Gasteiger partial charge in [-0.05, 0) is 41.8 Å². The molecule has 118 valence electrons. The smallest absolute Gasteiger partial charge is 0.161 e. The summed E-state index contributed by atoms with van der Waals surface area (Å²) in [5, 5.41) is 4.55. The Hall–Kier alpha value is -2.24. The molecule has 5 heteroatoms. The largest absolute Gasteiger partial charge is 0.493 e. The molecule has 0 saturated heterocycles. The van der Waals surface area contributed by atoms with Crippen molar-refractivity contribution < 1.29 is 14.8 Å². The maximum atomic E-state index is 5.47. The summed E-state index contributed by atoms with van der Waals surface area (Å²) in [6.07, 6.45) is 2.15. The van der Waals surface area contributed by atoms with Gasteiger partial charge in [0, 0.05) is 11.8 Å². The summed E-state index contributed by atoms with van der Waals surface area (Å²) in [7, 11) is 3.34. The van der Waals surface area contributed by atoms with Crippen LogP contribution in [-0.4, -0.2) is 18.8 Å². The summed E-state index contributed by atoms with van der Waals surface area (Å²) < 4.78 is 13.1. The molecule has 0 spiro atoms. The number of hydrogen-bond acceptors (Lipinski definition) is 3. The summed E-state index contributed by atoms with van der Waals surface area (Å²) in [6.45, 7) is 0.980. The van der Waals surface area contributed by atoms with E-state index in [1.807, 2.05) is 17.4 Å². The number of nitrogens with zero attached hydrogens (tertiary/aromatic N) is 1. The van der Waals surface area contributed by atoms with Gasteiger partial charge in [-0.25, -0.2) is 0 Å². The van der Waals surface area contributed by atoms with Crippen molar-refractivity contribution in [2.24, 2.45) is 0 Å². The van der Waals surface area contributed by atoms with Gasteiger partial charge in [0.2, 0.25) is 0 Å². The maximum absolute atomic E-state index is 5.47. The number of aromatic nitrogens is 1. The summed E-state index contributed by atoms with van der Waals surface area (Å²) in [5.41, 5.74) is 3.81. The summed E-state index contributed by atoms with van der Waals surface area (Å²) >= 11 is 1.82. The first-order valence-corrected chi connectivity index (χ1v) is 8.49. The van der Waals surface area contributed by atoms with E-state index < -0.39 is 0 Å². The molecule has 2 N–H and O–H groups in total. The number of benzene rings is 1. The zero-order valence-corrected chi connectivity index (χ0v) is 14.0. The number of methoxy groups -OCH3 is 2. The molecule has 0 amide bonds. The van der Waals surface area contributed by atoms with Crippen LogP contribution in [0.1, 0.15) is 22.2 Å². The van der Waals surface area contributed by atoms with Gasteiger partial charge in [0.05, 0.1) is 30.5 Å². The van der Waals surface area contributed by atoms with Crippen LogP contribution in [0.2, 0.25) is 0 Å². The molecule has 4 rings (SSSR count). The Morgan fingerprint density at radius 3 is 2.83 bits per heavy atom. The lowest BCUT2D eigenvalue weighted by Crippen LogP contribution is -2.83. The monoisotopic (exact) mass is 327 g/mol. The fourth-order valence-electron chi connectivity index (χ4n) is 3.27. The lowest BCUT2D eigenvalue weighted by molar-refractivity contribution is -0.701. The SMILES string of the molecule is COc1ccc(C2[NH2+]Cc3sccc3-n3cccc32)cc1OC. The molecular formula is C18H19N2O2S+. The third-order valence-electron chi connectivity index (χ3n) is 4.39. The van der Waals surface area contributed by atoms with Crippen molar-refractivity contribution in [1.82, 2.24) is 4.57 Å². The summed E-state index contributed by atoms with van der Waals surface area (Å²) in [6, 6.07) is 12.9. The first-order valence-electron chi connectivity index (χ1n) is 7.61. The minimum Gasteiger partial charge on any atom is -0.493 e. The maximum Gasteiger partial charge on any atom is 0.161 e. The highest BCUT2D eigenvalue weighted by Crippen LogP contribution is 2.33. The molecule has 23 heavy (non-hydrogen) atoms. The van der Waals surface area contributed by atoms with Crippen LogP contribution in [0.15, 0.2) is 48.0 Å². The second kappa shape index (κ2) is 5.76. The number of ether oxygens (including phenoxy) is 2. The van der Waals surface area contributed by atoms with Crippen LogP contribution in [-0.2, 0) is 6.54 Å². The van der Waals surface area contributed by atoms with Crippen LogP contribution in [0, 0.1) is 0 Å². The predicted molar refractivity (Wildman–Crippen MR) is 90.7 cm³/mol. The lowest BCUT2D eigenvalue weighted by atomic mass is 10.0. The van der Waals surface area contributed by atoms with Gasteiger partial charge in [-0.1, -0.05) is 0 Å². The highest BCUT2D eigenvalue weighted by atomic mass is 32.1. The lowest BCUT2D eigenvalue weighted by Gasteiger charge is -2.17. The molecule has 0 radical (unpaired) electrons. The molecule has 1 aliphatic rings. The molecule has 1 atom stereocenters. The molecule has 0 saturated carbocycles. The Morgan fingerprint density at radius 2 is 2.00 bits per heavy atom. The highest BCUT2D eigenvalue weighted by molar-refractivity contribution is 7.10. The van der Waals surface area contributed by atoms with Gasteiger partial charge < -0.3 is 19.4 Å². The number of hydrogen-bond donors (Lipinski definition) is 1. The Balaban J connectivity index is 1.80. The molecular weight excluding hydrogens is 308 g/mol. The second-order valence-corrected chi connectivity index (χ2v) is 6.56. The van der Waals surface area contributed by atoms with Crippen molar-refractivity contribution in [3.05, 3.63) is 64.1 Å². The van der Waals surface area contributed by atoms with Crippen molar-refractivity contribution in [1.29, 1.82) is 0 Å². The standard InChI is InChI=1S/C18H18N2O2S/c1-21-15-6-5-12(10-16(15)22-2)18-14-4-3-8-20(14)13-7-9-23-17(13)11-19-18/h3-10,18-19H,11H2,1-2H3/p+1. The predicted octanol–water partition coefficient (Wildman–Crippen LogP) is 2.72. The van der Waals surface area contributed by atoms with E-state index in [9.17, 15) is 0 Å². The van der Waals surface area contributed by atoms with Crippen molar-refractivity contribution in [3.8, 4) is 17.2 Å². The topological polar surface area (TPSA) is 40.0 Å². The van der Waals surface area contributed by atoms with Gasteiger partial charge >= 0.3 is 0 Å². The molecule has 1 aromatic carbocycles. The van der Waals surface area contributed by atoms with E-state index in [1.54, 1.807) is 14.2 Å². The number of rotatable bonds is 3. The van der Waals surface area contributed by atoms with Crippen LogP contribution >= 0.6 is 11.3 Å². The van der Waals surface area contributed by atoms with Crippen LogP contribution in [0.4, 0.5) is 0 Å². The highest BCUT2D eigenvalue weighted by Gasteiger charge is 2.27. The first kappa shape index (κ1) is 14.4. The fraction of sp³-hybridized carbons (Fsp3) is 0.222. The number of nitrogens with two attached hydrogens (primary N) is 1. The van der Waals surface area contributed by atoms with E-state index in [1.165, 1.54) is 21.8 Å². The normalized spacial score (nSPS) is 16.3. The molecule has 2 aromatic heterocycles. The Kier molecular flexibility index (Phi) is 3.59. The number of fused-ring (bicyclic) bond motifs is 3. The van der Waals surface area contributed by atoms with Crippen LogP contribution in [0.25, 0.3) is 5.69 Å². The van der Waals surface area contributed by atoms with Gasteiger partial charge in [-0.2, -0.15) is 0 Å². The van der Waals surface area contributed by atoms with Crippen molar-refractivity contribution in [3.63, 3.8) is 0 Å². The summed E-state index contributed by atoms with van der Waals surface area (Å²) in [5.74, 6) is 1.54. The molecule has 1 aliphatic heterocycles. The number of quaternary nitrogens is 1. The fourth-order valence-corrected chi connectivity index (χ4v) is 4.11. The van der Waals surface area contributed by atoms with E-state index in [-0.39, 0.29) is 6.04 Å². The Morgan fingerprint density at radius 1 is 1.13 bits per heavy atom. The average molecular weight is 327 g/mol. The van der Waals surface area contributed by atoms with Crippen molar-refractivity contribution >= 4 is 11.3 Å². The molecule has 3 aromatic rings. The third-order valence-corrected chi connectivity index (χ3v) is 5.32. The van der Waals surface area contributed by atoms with E-state index >= 15 is 0 Å².